The summed E-state index contributed by atoms with van der Waals surface area (Å²) in [6, 6.07) is 0.839. The first kappa shape index (κ1) is 16.5. The number of alkyl halides is 1. The number of hydrogen-bond donors (Lipinski definition) is 1. The predicted molar refractivity (Wildman–Crippen MR) is 72.1 cm³/mol. The zero-order valence-corrected chi connectivity index (χ0v) is 13.5. The molecule has 0 amide bonds. The first-order valence-corrected chi connectivity index (χ1v) is 8.17. The summed E-state index contributed by atoms with van der Waals surface area (Å²) in [5.41, 5.74) is 0. The average molecular weight is 314 g/mol. The summed E-state index contributed by atoms with van der Waals surface area (Å²) < 4.78 is 16.2. The van der Waals surface area contributed by atoms with E-state index in [0.717, 1.165) is 25.6 Å². The van der Waals surface area contributed by atoms with Crippen molar-refractivity contribution >= 4 is 24.7 Å². The van der Waals surface area contributed by atoms with Crippen molar-refractivity contribution < 1.29 is 13.3 Å². The fraction of sp³-hybridized carbons (Fsp3) is 1.00. The van der Waals surface area contributed by atoms with E-state index >= 15 is 0 Å². The van der Waals surface area contributed by atoms with Gasteiger partial charge in [-0.25, -0.2) is 0 Å². The van der Waals surface area contributed by atoms with Gasteiger partial charge >= 0.3 is 8.80 Å². The quantitative estimate of drug-likeness (QED) is 0.401. The first-order chi connectivity index (χ1) is 7.39. The highest BCUT2D eigenvalue weighted by Gasteiger charge is 2.36. The van der Waals surface area contributed by atoms with Gasteiger partial charge in [0.2, 0.25) is 0 Å². The van der Waals surface area contributed by atoms with Crippen molar-refractivity contribution in [3.05, 3.63) is 0 Å². The van der Waals surface area contributed by atoms with Gasteiger partial charge in [-0.15, -0.1) is 0 Å². The van der Waals surface area contributed by atoms with E-state index in [1.165, 1.54) is 0 Å². The van der Waals surface area contributed by atoms with Crippen LogP contribution in [0.1, 0.15) is 20.3 Å². The van der Waals surface area contributed by atoms with Gasteiger partial charge in [0.1, 0.15) is 0 Å². The van der Waals surface area contributed by atoms with Crippen LogP contribution in [0.3, 0.4) is 0 Å². The number of halogens is 1. The first-order valence-electron chi connectivity index (χ1n) is 5.44. The Labute approximate surface area is 109 Å². The molecule has 98 valence electrons. The smallest absolute Gasteiger partial charge is 0.377 e. The lowest BCUT2D eigenvalue weighted by molar-refractivity contribution is 0.123. The van der Waals surface area contributed by atoms with Gasteiger partial charge in [0, 0.05) is 38.2 Å². The third kappa shape index (κ3) is 6.98. The largest absolute Gasteiger partial charge is 0.500 e. The molecule has 0 fully saturated rings. The summed E-state index contributed by atoms with van der Waals surface area (Å²) in [5, 5.41) is 3.38. The fourth-order valence-electron chi connectivity index (χ4n) is 1.37. The normalized spacial score (nSPS) is 13.1. The third-order valence-corrected chi connectivity index (χ3v) is 5.43. The van der Waals surface area contributed by atoms with Crippen molar-refractivity contribution in [2.24, 2.45) is 0 Å². The van der Waals surface area contributed by atoms with Crippen LogP contribution < -0.4 is 5.32 Å². The Hall–Kier alpha value is 0.537. The Kier molecular flexibility index (Phi) is 8.05. The molecule has 0 aromatic rings. The third-order valence-electron chi connectivity index (χ3n) is 2.31. The molecule has 6 heteroatoms. The lowest BCUT2D eigenvalue weighted by Crippen LogP contribution is -2.43. The molecule has 0 atom stereocenters. The van der Waals surface area contributed by atoms with E-state index in [-0.39, 0.29) is 4.32 Å². The van der Waals surface area contributed by atoms with Gasteiger partial charge in [-0.1, -0.05) is 15.9 Å². The minimum atomic E-state index is -2.37. The van der Waals surface area contributed by atoms with Gasteiger partial charge < -0.3 is 18.6 Å². The highest BCUT2D eigenvalue weighted by Crippen LogP contribution is 2.15. The molecular weight excluding hydrogens is 290 g/mol. The summed E-state index contributed by atoms with van der Waals surface area (Å²) in [6.07, 6.45) is 0.991. The highest BCUT2D eigenvalue weighted by molar-refractivity contribution is 9.10. The SMILES string of the molecule is CO[Si](CCCNCC(C)(C)Br)(OC)OC. The van der Waals surface area contributed by atoms with Gasteiger partial charge in [0.05, 0.1) is 0 Å². The van der Waals surface area contributed by atoms with Crippen LogP contribution in [0.4, 0.5) is 0 Å². The van der Waals surface area contributed by atoms with Crippen molar-refractivity contribution in [2.45, 2.75) is 30.6 Å². The van der Waals surface area contributed by atoms with Gasteiger partial charge in [0.25, 0.3) is 0 Å². The second kappa shape index (κ2) is 7.78. The Morgan fingerprint density at radius 1 is 1.12 bits per heavy atom. The summed E-state index contributed by atoms with van der Waals surface area (Å²) in [4.78, 5) is 0. The lowest BCUT2D eigenvalue weighted by Gasteiger charge is -2.24. The minimum absolute atomic E-state index is 0.144. The molecule has 0 saturated carbocycles. The van der Waals surface area contributed by atoms with Crippen molar-refractivity contribution in [1.29, 1.82) is 0 Å². The number of rotatable bonds is 9. The van der Waals surface area contributed by atoms with Gasteiger partial charge in [-0.3, -0.25) is 0 Å². The van der Waals surface area contributed by atoms with Gasteiger partial charge in [-0.2, -0.15) is 0 Å². The fourth-order valence-corrected chi connectivity index (χ4v) is 3.29. The summed E-state index contributed by atoms with van der Waals surface area (Å²) >= 11 is 3.58. The molecule has 0 saturated heterocycles. The van der Waals surface area contributed by atoms with E-state index in [1.807, 2.05) is 0 Å². The molecule has 0 heterocycles. The van der Waals surface area contributed by atoms with Crippen LogP contribution in [-0.4, -0.2) is 47.5 Å². The molecular formula is C10H24BrNO3Si. The maximum atomic E-state index is 5.34. The topological polar surface area (TPSA) is 39.7 Å². The molecule has 0 aliphatic rings. The Morgan fingerprint density at radius 2 is 1.62 bits per heavy atom. The second-order valence-corrected chi connectivity index (χ2v) is 9.53. The molecule has 16 heavy (non-hydrogen) atoms. The second-order valence-electron chi connectivity index (χ2n) is 4.29. The monoisotopic (exact) mass is 313 g/mol. The van der Waals surface area contributed by atoms with Crippen LogP contribution >= 0.6 is 15.9 Å². The van der Waals surface area contributed by atoms with Crippen LogP contribution in [0.2, 0.25) is 6.04 Å². The molecule has 0 rings (SSSR count). The van der Waals surface area contributed by atoms with Crippen LogP contribution in [0.25, 0.3) is 0 Å². The van der Waals surface area contributed by atoms with Crippen LogP contribution in [0.15, 0.2) is 0 Å². The maximum Gasteiger partial charge on any atom is 0.500 e. The molecule has 0 aromatic heterocycles. The molecule has 4 nitrogen and oxygen atoms in total. The summed E-state index contributed by atoms with van der Waals surface area (Å²) in [5.74, 6) is 0. The van der Waals surface area contributed by atoms with E-state index in [0.29, 0.717) is 0 Å². The minimum Gasteiger partial charge on any atom is -0.377 e. The van der Waals surface area contributed by atoms with Crippen molar-refractivity contribution in [1.82, 2.24) is 5.32 Å². The van der Waals surface area contributed by atoms with Crippen LogP contribution in [0, 0.1) is 0 Å². The van der Waals surface area contributed by atoms with Crippen LogP contribution in [-0.2, 0) is 13.3 Å². The Balaban J connectivity index is 3.71. The van der Waals surface area contributed by atoms with Crippen molar-refractivity contribution in [3.8, 4) is 0 Å². The summed E-state index contributed by atoms with van der Waals surface area (Å²) in [7, 11) is 2.58. The predicted octanol–water partition coefficient (Wildman–Crippen LogP) is 2.02. The Bertz CT molecular complexity index is 175. The molecule has 1 N–H and O–H groups in total. The van der Waals surface area contributed by atoms with E-state index in [2.05, 4.69) is 35.1 Å². The number of nitrogens with one attached hydrogen (secondary N) is 1. The van der Waals surface area contributed by atoms with E-state index in [9.17, 15) is 0 Å². The molecule has 0 aromatic carbocycles. The van der Waals surface area contributed by atoms with E-state index < -0.39 is 8.80 Å². The van der Waals surface area contributed by atoms with Gasteiger partial charge in [-0.05, 0) is 26.8 Å². The van der Waals surface area contributed by atoms with Crippen LogP contribution in [0.5, 0.6) is 0 Å². The zero-order chi connectivity index (χ0) is 12.7. The molecule has 0 spiro atoms. The standard InChI is InChI=1S/C10H24BrNO3Si/c1-10(2,11)9-12-7-6-8-16(13-3,14-4)15-5/h12H,6-9H2,1-5H3. The molecule has 0 bridgehead atoms. The molecule has 0 radical (unpaired) electrons. The van der Waals surface area contributed by atoms with Crippen molar-refractivity contribution in [3.63, 3.8) is 0 Å². The zero-order valence-electron chi connectivity index (χ0n) is 10.9. The van der Waals surface area contributed by atoms with E-state index in [4.69, 9.17) is 13.3 Å². The maximum absolute atomic E-state index is 5.34. The summed E-state index contributed by atoms with van der Waals surface area (Å²) in [6.45, 7) is 6.16. The molecule has 0 aliphatic carbocycles. The average Bonchev–Trinajstić information content (AvgIpc) is 2.23. The molecule has 0 aliphatic heterocycles. The van der Waals surface area contributed by atoms with Gasteiger partial charge in [0.15, 0.2) is 0 Å². The lowest BCUT2D eigenvalue weighted by atomic mass is 10.2. The molecule has 0 unspecified atom stereocenters. The number of hydrogen-bond acceptors (Lipinski definition) is 4. The highest BCUT2D eigenvalue weighted by atomic mass is 79.9. The Morgan fingerprint density at radius 3 is 2.00 bits per heavy atom. The van der Waals surface area contributed by atoms with Crippen molar-refractivity contribution in [2.75, 3.05) is 34.4 Å². The van der Waals surface area contributed by atoms with E-state index in [1.54, 1.807) is 21.3 Å².